The Morgan fingerprint density at radius 2 is 1.73 bits per heavy atom. The molecule has 1 spiro atoms. The Morgan fingerprint density at radius 1 is 1.03 bits per heavy atom. The summed E-state index contributed by atoms with van der Waals surface area (Å²) in [4.78, 5) is 18.6. The Kier molecular flexibility index (Phi) is 5.26. The maximum atomic E-state index is 13.8. The minimum absolute atomic E-state index is 0.179. The maximum Gasteiger partial charge on any atom is 0.416 e. The van der Waals surface area contributed by atoms with Crippen LogP contribution in [0.5, 0.6) is 0 Å². The number of pyridine rings is 1. The Hall–Kier alpha value is -3.16. The SMILES string of the molecule is O=C(Nc1ccc(C(F)(F)F)cc1)N1CCC2(CC1)CC(c1ccnc3ccc(F)cc13)C2. The normalized spacial score (nSPS) is 18.4. The summed E-state index contributed by atoms with van der Waals surface area (Å²) in [5, 5.41) is 3.56. The van der Waals surface area contributed by atoms with Gasteiger partial charge in [-0.05, 0) is 91.1 Å². The van der Waals surface area contributed by atoms with Gasteiger partial charge in [0.05, 0.1) is 11.1 Å². The van der Waals surface area contributed by atoms with Crippen molar-refractivity contribution in [3.05, 3.63) is 71.7 Å². The molecule has 2 aliphatic rings. The lowest BCUT2D eigenvalue weighted by atomic mass is 9.56. The van der Waals surface area contributed by atoms with Gasteiger partial charge in [0.2, 0.25) is 0 Å². The Labute approximate surface area is 188 Å². The first-order chi connectivity index (χ1) is 15.7. The van der Waals surface area contributed by atoms with E-state index in [9.17, 15) is 22.4 Å². The topological polar surface area (TPSA) is 45.2 Å². The van der Waals surface area contributed by atoms with Gasteiger partial charge < -0.3 is 10.2 Å². The van der Waals surface area contributed by atoms with E-state index >= 15 is 0 Å². The first kappa shape index (κ1) is 21.7. The molecule has 3 aromatic rings. The molecule has 1 aliphatic heterocycles. The van der Waals surface area contributed by atoms with Gasteiger partial charge in [0.25, 0.3) is 0 Å². The van der Waals surface area contributed by atoms with Crippen molar-refractivity contribution >= 4 is 22.6 Å². The first-order valence-corrected chi connectivity index (χ1v) is 11.0. The lowest BCUT2D eigenvalue weighted by Crippen LogP contribution is -2.49. The van der Waals surface area contributed by atoms with Crippen molar-refractivity contribution in [3.8, 4) is 0 Å². The summed E-state index contributed by atoms with van der Waals surface area (Å²) in [6.07, 6.45) is 1.12. The molecule has 33 heavy (non-hydrogen) atoms. The van der Waals surface area contributed by atoms with Crippen molar-refractivity contribution in [1.82, 2.24) is 9.88 Å². The fraction of sp³-hybridized carbons (Fsp3) is 0.360. The number of piperidine rings is 1. The number of amides is 2. The Bertz CT molecular complexity index is 1180. The van der Waals surface area contributed by atoms with E-state index in [1.54, 1.807) is 23.2 Å². The van der Waals surface area contributed by atoms with Crippen LogP contribution in [0.2, 0.25) is 0 Å². The van der Waals surface area contributed by atoms with Gasteiger partial charge in [0, 0.05) is 30.4 Å². The van der Waals surface area contributed by atoms with Crippen LogP contribution in [0.15, 0.2) is 54.7 Å². The molecule has 1 aromatic heterocycles. The van der Waals surface area contributed by atoms with Crippen molar-refractivity contribution in [3.63, 3.8) is 0 Å². The summed E-state index contributed by atoms with van der Waals surface area (Å²) in [5.74, 6) is 0.0861. The third-order valence-corrected chi connectivity index (χ3v) is 7.11. The second kappa shape index (κ2) is 8.01. The number of anilines is 1. The number of hydrogen-bond acceptors (Lipinski definition) is 2. The van der Waals surface area contributed by atoms with Gasteiger partial charge in [-0.25, -0.2) is 9.18 Å². The summed E-state index contributed by atoms with van der Waals surface area (Å²) in [7, 11) is 0. The average Bonchev–Trinajstić information content (AvgIpc) is 2.77. The number of halogens is 4. The number of likely N-dealkylation sites (tertiary alicyclic amines) is 1. The van der Waals surface area contributed by atoms with Gasteiger partial charge in [-0.15, -0.1) is 0 Å². The van der Waals surface area contributed by atoms with Crippen LogP contribution in [0.4, 0.5) is 28.0 Å². The molecule has 2 heterocycles. The molecule has 8 heteroatoms. The van der Waals surface area contributed by atoms with Crippen LogP contribution in [0.1, 0.15) is 42.7 Å². The third-order valence-electron chi connectivity index (χ3n) is 7.11. The molecule has 0 radical (unpaired) electrons. The minimum atomic E-state index is -4.40. The van der Waals surface area contributed by atoms with Gasteiger partial charge in [-0.3, -0.25) is 4.98 Å². The molecule has 1 saturated carbocycles. The number of alkyl halides is 3. The standard InChI is InChI=1S/C25H23F4N3O/c26-18-3-6-22-21(13-18)20(7-10-30-22)16-14-24(15-16)8-11-32(12-9-24)23(33)31-19-4-1-17(2-5-19)25(27,28)29/h1-7,10,13,16H,8-9,11-12,14-15H2,(H,31,33). The van der Waals surface area contributed by atoms with Gasteiger partial charge in [0.15, 0.2) is 0 Å². The number of aromatic nitrogens is 1. The number of rotatable bonds is 2. The van der Waals surface area contributed by atoms with Gasteiger partial charge >= 0.3 is 12.2 Å². The van der Waals surface area contributed by atoms with Crippen molar-refractivity contribution in [2.75, 3.05) is 18.4 Å². The van der Waals surface area contributed by atoms with Crippen molar-refractivity contribution in [1.29, 1.82) is 0 Å². The van der Waals surface area contributed by atoms with Gasteiger partial charge in [-0.2, -0.15) is 13.2 Å². The van der Waals surface area contributed by atoms with Crippen molar-refractivity contribution in [2.45, 2.75) is 37.8 Å². The molecular formula is C25H23F4N3O. The van der Waals surface area contributed by atoms with Gasteiger partial charge in [0.1, 0.15) is 5.82 Å². The molecular weight excluding hydrogens is 434 g/mol. The lowest BCUT2D eigenvalue weighted by Gasteiger charge is -2.52. The number of benzene rings is 2. The van der Waals surface area contributed by atoms with Crippen LogP contribution in [0, 0.1) is 11.2 Å². The summed E-state index contributed by atoms with van der Waals surface area (Å²) in [6.45, 7) is 1.20. The van der Waals surface area contributed by atoms with E-state index in [2.05, 4.69) is 10.3 Å². The van der Waals surface area contributed by atoms with Crippen molar-refractivity contribution < 1.29 is 22.4 Å². The quantitative estimate of drug-likeness (QED) is 0.442. The zero-order valence-corrected chi connectivity index (χ0v) is 17.8. The first-order valence-electron chi connectivity index (χ1n) is 11.0. The second-order valence-electron chi connectivity index (χ2n) is 9.16. The molecule has 0 bridgehead atoms. The van der Waals surface area contributed by atoms with Gasteiger partial charge in [-0.1, -0.05) is 0 Å². The summed E-state index contributed by atoms with van der Waals surface area (Å²) >= 11 is 0. The fourth-order valence-corrected chi connectivity index (χ4v) is 5.24. The van der Waals surface area contributed by atoms with Crippen LogP contribution in [-0.4, -0.2) is 29.0 Å². The highest BCUT2D eigenvalue weighted by Gasteiger charge is 2.47. The summed E-state index contributed by atoms with van der Waals surface area (Å²) < 4.78 is 51.9. The fourth-order valence-electron chi connectivity index (χ4n) is 5.24. The molecule has 172 valence electrons. The molecule has 1 aliphatic carbocycles. The molecule has 0 atom stereocenters. The van der Waals surface area contributed by atoms with Crippen LogP contribution in [0.25, 0.3) is 10.9 Å². The summed E-state index contributed by atoms with van der Waals surface area (Å²) in [5.41, 5.74) is 1.70. The third kappa shape index (κ3) is 4.26. The highest BCUT2D eigenvalue weighted by molar-refractivity contribution is 5.89. The molecule has 0 unspecified atom stereocenters. The number of hydrogen-bond donors (Lipinski definition) is 1. The van der Waals surface area contributed by atoms with E-state index in [0.717, 1.165) is 54.3 Å². The second-order valence-corrected chi connectivity index (χ2v) is 9.16. The Balaban J connectivity index is 1.18. The van der Waals surface area contributed by atoms with E-state index in [1.165, 1.54) is 18.2 Å². The van der Waals surface area contributed by atoms with Crippen LogP contribution in [0.3, 0.4) is 0 Å². The molecule has 1 N–H and O–H groups in total. The number of nitrogens with zero attached hydrogens (tertiary/aromatic N) is 2. The Morgan fingerprint density at radius 3 is 2.39 bits per heavy atom. The predicted molar refractivity (Wildman–Crippen MR) is 117 cm³/mol. The minimum Gasteiger partial charge on any atom is -0.324 e. The number of carbonyl (C=O) groups excluding carboxylic acids is 1. The maximum absolute atomic E-state index is 13.8. The zero-order chi connectivity index (χ0) is 23.2. The molecule has 4 nitrogen and oxygen atoms in total. The lowest BCUT2D eigenvalue weighted by molar-refractivity contribution is -0.137. The molecule has 1 saturated heterocycles. The van der Waals surface area contributed by atoms with Crippen LogP contribution >= 0.6 is 0 Å². The molecule has 5 rings (SSSR count). The van der Waals surface area contributed by atoms with E-state index < -0.39 is 11.7 Å². The highest BCUT2D eigenvalue weighted by atomic mass is 19.4. The van der Waals surface area contributed by atoms with E-state index in [4.69, 9.17) is 0 Å². The largest absolute Gasteiger partial charge is 0.416 e. The summed E-state index contributed by atoms with van der Waals surface area (Å²) in [6, 6.07) is 10.8. The van der Waals surface area contributed by atoms with Crippen molar-refractivity contribution in [2.24, 2.45) is 5.41 Å². The van der Waals surface area contributed by atoms with Crippen LogP contribution in [-0.2, 0) is 6.18 Å². The number of urea groups is 1. The highest BCUT2D eigenvalue weighted by Crippen LogP contribution is 2.57. The monoisotopic (exact) mass is 457 g/mol. The van der Waals surface area contributed by atoms with E-state index in [1.807, 2.05) is 6.07 Å². The smallest absolute Gasteiger partial charge is 0.324 e. The van der Waals surface area contributed by atoms with Crippen LogP contribution < -0.4 is 5.32 Å². The number of carbonyl (C=O) groups is 1. The molecule has 2 amide bonds. The molecule has 2 fully saturated rings. The molecule has 2 aromatic carbocycles. The van der Waals surface area contributed by atoms with E-state index in [-0.39, 0.29) is 17.3 Å². The van der Waals surface area contributed by atoms with E-state index in [0.29, 0.717) is 24.7 Å². The predicted octanol–water partition coefficient (Wildman–Crippen LogP) is 6.58. The number of fused-ring (bicyclic) bond motifs is 1. The average molecular weight is 457 g/mol. The zero-order valence-electron chi connectivity index (χ0n) is 17.8. The number of nitrogens with one attached hydrogen (secondary N) is 1.